The molecule has 1 atom stereocenters. The molecule has 4 nitrogen and oxygen atoms in total. The molecule has 3 fully saturated rings. The lowest BCUT2D eigenvalue weighted by molar-refractivity contribution is 0.0674. The fourth-order valence-electron chi connectivity index (χ4n) is 3.18. The molecule has 2 aliphatic heterocycles. The second-order valence-corrected chi connectivity index (χ2v) is 6.90. The summed E-state index contributed by atoms with van der Waals surface area (Å²) in [7, 11) is 0. The van der Waals surface area contributed by atoms with Gasteiger partial charge in [0.25, 0.3) is 0 Å². The van der Waals surface area contributed by atoms with Gasteiger partial charge >= 0.3 is 0 Å². The number of aliphatic imine (C=N–C) groups is 1. The van der Waals surface area contributed by atoms with E-state index < -0.39 is 0 Å². The molecule has 3 rings (SSSR count). The first-order valence-electron chi connectivity index (χ1n) is 7.01. The molecule has 0 radical (unpaired) electrons. The van der Waals surface area contributed by atoms with E-state index in [1.54, 1.807) is 0 Å². The number of guanidine groups is 1. The van der Waals surface area contributed by atoms with Crippen LogP contribution in [0, 0.1) is 11.3 Å². The first-order valence-corrected chi connectivity index (χ1v) is 8.16. The number of rotatable bonds is 2. The zero-order valence-corrected chi connectivity index (χ0v) is 11.8. The molecule has 2 N–H and O–H groups in total. The van der Waals surface area contributed by atoms with E-state index in [1.807, 2.05) is 0 Å². The van der Waals surface area contributed by atoms with E-state index in [4.69, 9.17) is 10.5 Å². The van der Waals surface area contributed by atoms with Gasteiger partial charge in [0, 0.05) is 19.6 Å². The van der Waals surface area contributed by atoms with Crippen molar-refractivity contribution in [2.45, 2.75) is 19.3 Å². The summed E-state index contributed by atoms with van der Waals surface area (Å²) in [6.45, 7) is 4.28. The van der Waals surface area contributed by atoms with Gasteiger partial charge < -0.3 is 15.4 Å². The number of morpholine rings is 1. The first kappa shape index (κ1) is 12.6. The zero-order valence-electron chi connectivity index (χ0n) is 10.9. The Morgan fingerprint density at radius 3 is 2.78 bits per heavy atom. The highest BCUT2D eigenvalue weighted by Gasteiger charge is 2.53. The molecule has 2 saturated heterocycles. The number of ether oxygens (including phenoxy) is 1. The van der Waals surface area contributed by atoms with Crippen molar-refractivity contribution in [3.05, 3.63) is 0 Å². The van der Waals surface area contributed by atoms with Crippen LogP contribution in [0.15, 0.2) is 4.99 Å². The average molecular weight is 269 g/mol. The van der Waals surface area contributed by atoms with E-state index in [9.17, 15) is 0 Å². The summed E-state index contributed by atoms with van der Waals surface area (Å²) in [6.07, 6.45) is 4.18. The van der Waals surface area contributed by atoms with Crippen molar-refractivity contribution in [2.75, 3.05) is 44.4 Å². The van der Waals surface area contributed by atoms with Crippen LogP contribution in [0.1, 0.15) is 19.3 Å². The van der Waals surface area contributed by atoms with Gasteiger partial charge in [0.05, 0.1) is 13.2 Å². The van der Waals surface area contributed by atoms with Crippen molar-refractivity contribution in [3.63, 3.8) is 0 Å². The third kappa shape index (κ3) is 2.62. The Morgan fingerprint density at radius 1 is 1.33 bits per heavy atom. The second-order valence-electron chi connectivity index (χ2n) is 5.67. The van der Waals surface area contributed by atoms with E-state index in [1.165, 1.54) is 30.8 Å². The highest BCUT2D eigenvalue weighted by Crippen LogP contribution is 2.60. The van der Waals surface area contributed by atoms with E-state index in [0.717, 1.165) is 44.7 Å². The SMILES string of the molecule is NC(=NCC1CC12CCSCC2)N1CCOCC1. The fourth-order valence-corrected chi connectivity index (χ4v) is 4.48. The van der Waals surface area contributed by atoms with Crippen molar-refractivity contribution >= 4 is 17.7 Å². The van der Waals surface area contributed by atoms with Crippen LogP contribution in [-0.4, -0.2) is 55.2 Å². The lowest BCUT2D eigenvalue weighted by atomic mass is 9.96. The van der Waals surface area contributed by atoms with E-state index in [0.29, 0.717) is 5.41 Å². The van der Waals surface area contributed by atoms with Crippen LogP contribution >= 0.6 is 11.8 Å². The molecule has 102 valence electrons. The highest BCUT2D eigenvalue weighted by molar-refractivity contribution is 7.99. The fraction of sp³-hybridized carbons (Fsp3) is 0.923. The molecule has 0 bridgehead atoms. The van der Waals surface area contributed by atoms with Gasteiger partial charge in [0.15, 0.2) is 5.96 Å². The number of thioether (sulfide) groups is 1. The average Bonchev–Trinajstić information content (AvgIpc) is 3.10. The lowest BCUT2D eigenvalue weighted by Gasteiger charge is -2.27. The van der Waals surface area contributed by atoms with Crippen LogP contribution in [-0.2, 0) is 4.74 Å². The van der Waals surface area contributed by atoms with Crippen LogP contribution in [0.25, 0.3) is 0 Å². The summed E-state index contributed by atoms with van der Waals surface area (Å²) < 4.78 is 5.32. The molecule has 0 amide bonds. The van der Waals surface area contributed by atoms with Crippen molar-refractivity contribution in [2.24, 2.45) is 22.1 Å². The van der Waals surface area contributed by atoms with E-state index >= 15 is 0 Å². The van der Waals surface area contributed by atoms with Crippen molar-refractivity contribution in [3.8, 4) is 0 Å². The smallest absolute Gasteiger partial charge is 0.191 e. The maximum atomic E-state index is 6.06. The van der Waals surface area contributed by atoms with Crippen LogP contribution in [0.4, 0.5) is 0 Å². The summed E-state index contributed by atoms with van der Waals surface area (Å²) in [6, 6.07) is 0. The molecule has 0 aromatic rings. The van der Waals surface area contributed by atoms with Gasteiger partial charge in [-0.25, -0.2) is 0 Å². The minimum Gasteiger partial charge on any atom is -0.378 e. The largest absolute Gasteiger partial charge is 0.378 e. The van der Waals surface area contributed by atoms with Crippen molar-refractivity contribution < 1.29 is 4.74 Å². The molecule has 5 heteroatoms. The van der Waals surface area contributed by atoms with Gasteiger partial charge in [0.2, 0.25) is 0 Å². The van der Waals surface area contributed by atoms with Gasteiger partial charge in [-0.3, -0.25) is 4.99 Å². The predicted octanol–water partition coefficient (Wildman–Crippen LogP) is 1.17. The molecule has 0 aromatic heterocycles. The van der Waals surface area contributed by atoms with E-state index in [-0.39, 0.29) is 0 Å². The molecule has 2 heterocycles. The minimum atomic E-state index is 0.653. The number of nitrogens with zero attached hydrogens (tertiary/aromatic N) is 2. The third-order valence-electron chi connectivity index (χ3n) is 4.66. The molecule has 3 aliphatic rings. The summed E-state index contributed by atoms with van der Waals surface area (Å²) in [5, 5.41) is 0. The number of hydrogen-bond acceptors (Lipinski definition) is 3. The van der Waals surface area contributed by atoms with Gasteiger partial charge in [-0.05, 0) is 42.1 Å². The molecular weight excluding hydrogens is 246 g/mol. The summed E-state index contributed by atoms with van der Waals surface area (Å²) in [4.78, 5) is 6.77. The minimum absolute atomic E-state index is 0.653. The topological polar surface area (TPSA) is 50.8 Å². The standard InChI is InChI=1S/C13H23N3OS/c14-12(16-3-5-17-6-4-16)15-10-11-9-13(11)1-7-18-8-2-13/h11H,1-10H2,(H2,14,15). The van der Waals surface area contributed by atoms with Crippen LogP contribution < -0.4 is 5.73 Å². The normalized spacial score (nSPS) is 31.7. The van der Waals surface area contributed by atoms with Gasteiger partial charge in [-0.2, -0.15) is 11.8 Å². The Kier molecular flexibility index (Phi) is 3.71. The Bertz CT molecular complexity index is 322. The summed E-state index contributed by atoms with van der Waals surface area (Å²) >= 11 is 2.10. The van der Waals surface area contributed by atoms with Gasteiger partial charge in [-0.1, -0.05) is 0 Å². The maximum absolute atomic E-state index is 6.06. The summed E-state index contributed by atoms with van der Waals surface area (Å²) in [5.74, 6) is 4.22. The number of nitrogens with two attached hydrogens (primary N) is 1. The monoisotopic (exact) mass is 269 g/mol. The van der Waals surface area contributed by atoms with Crippen LogP contribution in [0.5, 0.6) is 0 Å². The number of hydrogen-bond donors (Lipinski definition) is 1. The van der Waals surface area contributed by atoms with Gasteiger partial charge in [0.1, 0.15) is 0 Å². The predicted molar refractivity (Wildman–Crippen MR) is 76.0 cm³/mol. The molecule has 1 unspecified atom stereocenters. The Balaban J connectivity index is 1.48. The highest BCUT2D eigenvalue weighted by atomic mass is 32.2. The molecule has 1 aliphatic carbocycles. The van der Waals surface area contributed by atoms with Crippen LogP contribution in [0.2, 0.25) is 0 Å². The molecule has 1 spiro atoms. The quantitative estimate of drug-likeness (QED) is 0.604. The first-order chi connectivity index (χ1) is 8.80. The Labute approximate surface area is 113 Å². The Morgan fingerprint density at radius 2 is 2.06 bits per heavy atom. The van der Waals surface area contributed by atoms with Crippen LogP contribution in [0.3, 0.4) is 0 Å². The third-order valence-corrected chi connectivity index (χ3v) is 5.64. The molecular formula is C13H23N3OS. The Hall–Kier alpha value is -0.420. The van der Waals surface area contributed by atoms with Crippen molar-refractivity contribution in [1.29, 1.82) is 0 Å². The van der Waals surface area contributed by atoms with Crippen molar-refractivity contribution in [1.82, 2.24) is 4.90 Å². The van der Waals surface area contributed by atoms with Gasteiger partial charge in [-0.15, -0.1) is 0 Å². The maximum Gasteiger partial charge on any atom is 0.191 e. The molecule has 0 aromatic carbocycles. The summed E-state index contributed by atoms with van der Waals surface area (Å²) in [5.41, 5.74) is 6.71. The van der Waals surface area contributed by atoms with E-state index in [2.05, 4.69) is 21.7 Å². The zero-order chi connectivity index (χ0) is 12.4. The molecule has 1 saturated carbocycles. The lowest BCUT2D eigenvalue weighted by Crippen LogP contribution is -2.44. The molecule has 18 heavy (non-hydrogen) atoms. The second kappa shape index (κ2) is 5.29.